The van der Waals surface area contributed by atoms with E-state index in [0.29, 0.717) is 18.4 Å². The maximum atomic E-state index is 11.7. The van der Waals surface area contributed by atoms with Gasteiger partial charge in [-0.1, -0.05) is 18.2 Å². The van der Waals surface area contributed by atoms with Crippen molar-refractivity contribution in [3.63, 3.8) is 0 Å². The number of carbonyl (C=O) groups is 3. The van der Waals surface area contributed by atoms with Crippen molar-refractivity contribution in [1.82, 2.24) is 0 Å². The summed E-state index contributed by atoms with van der Waals surface area (Å²) in [6.07, 6.45) is 0.0398. The summed E-state index contributed by atoms with van der Waals surface area (Å²) in [7, 11) is 0. The molecule has 118 valence electrons. The normalized spacial score (nSPS) is 17.5. The van der Waals surface area contributed by atoms with E-state index in [-0.39, 0.29) is 31.0 Å². The summed E-state index contributed by atoms with van der Waals surface area (Å²) in [5.41, 5.74) is 1.44. The molecular formula is C16H18O6. The number of aliphatic carboxylic acids is 1. The summed E-state index contributed by atoms with van der Waals surface area (Å²) in [6.45, 7) is 1.74. The molecule has 2 atom stereocenters. The number of cyclic esters (lactones) is 1. The van der Waals surface area contributed by atoms with Gasteiger partial charge in [-0.05, 0) is 25.8 Å². The molecule has 0 fully saturated rings. The van der Waals surface area contributed by atoms with E-state index in [9.17, 15) is 14.4 Å². The summed E-state index contributed by atoms with van der Waals surface area (Å²) in [4.78, 5) is 33.5. The summed E-state index contributed by atoms with van der Waals surface area (Å²) >= 11 is 0. The van der Waals surface area contributed by atoms with Gasteiger partial charge in [0.2, 0.25) is 0 Å². The Hall–Kier alpha value is -2.37. The van der Waals surface area contributed by atoms with Gasteiger partial charge in [0, 0.05) is 5.56 Å². The molecule has 6 nitrogen and oxygen atoms in total. The topological polar surface area (TPSA) is 89.9 Å². The molecular weight excluding hydrogens is 288 g/mol. The van der Waals surface area contributed by atoms with Crippen molar-refractivity contribution in [2.45, 2.75) is 44.8 Å². The predicted molar refractivity (Wildman–Crippen MR) is 76.3 cm³/mol. The Morgan fingerprint density at radius 3 is 2.77 bits per heavy atom. The second-order valence-electron chi connectivity index (χ2n) is 5.25. The van der Waals surface area contributed by atoms with E-state index < -0.39 is 11.9 Å². The highest BCUT2D eigenvalue weighted by atomic mass is 16.6. The average Bonchev–Trinajstić information content (AvgIpc) is 2.80. The highest BCUT2D eigenvalue weighted by Gasteiger charge is 2.30. The van der Waals surface area contributed by atoms with Crippen molar-refractivity contribution in [2.24, 2.45) is 0 Å². The quantitative estimate of drug-likeness (QED) is 0.778. The third kappa shape index (κ3) is 4.07. The molecule has 1 N–H and O–H groups in total. The lowest BCUT2D eigenvalue weighted by molar-refractivity contribution is -0.151. The molecule has 1 aromatic carbocycles. The van der Waals surface area contributed by atoms with Crippen LogP contribution in [0, 0.1) is 0 Å². The number of carboxylic acids is 1. The highest BCUT2D eigenvalue weighted by Crippen LogP contribution is 2.34. The van der Waals surface area contributed by atoms with Gasteiger partial charge >= 0.3 is 17.9 Å². The number of esters is 2. The lowest BCUT2D eigenvalue weighted by Crippen LogP contribution is -2.16. The lowest BCUT2D eigenvalue weighted by Gasteiger charge is -2.16. The fourth-order valence-electron chi connectivity index (χ4n) is 2.37. The molecule has 22 heavy (non-hydrogen) atoms. The molecule has 0 aromatic heterocycles. The molecule has 0 aliphatic carbocycles. The smallest absolute Gasteiger partial charge is 0.339 e. The largest absolute Gasteiger partial charge is 0.481 e. The predicted octanol–water partition coefficient (Wildman–Crippen LogP) is 2.47. The second kappa shape index (κ2) is 7.06. The molecule has 0 saturated heterocycles. The van der Waals surface area contributed by atoms with Gasteiger partial charge in [-0.3, -0.25) is 9.59 Å². The van der Waals surface area contributed by atoms with Crippen molar-refractivity contribution >= 4 is 17.9 Å². The van der Waals surface area contributed by atoms with Crippen LogP contribution in [0.2, 0.25) is 0 Å². The summed E-state index contributed by atoms with van der Waals surface area (Å²) in [5, 5.41) is 8.51. The first-order valence-electron chi connectivity index (χ1n) is 7.18. The van der Waals surface area contributed by atoms with Gasteiger partial charge in [-0.25, -0.2) is 4.79 Å². The number of ether oxygens (including phenoxy) is 2. The molecule has 0 bridgehead atoms. The maximum Gasteiger partial charge on any atom is 0.339 e. The monoisotopic (exact) mass is 306 g/mol. The van der Waals surface area contributed by atoms with E-state index in [2.05, 4.69) is 0 Å². The average molecular weight is 306 g/mol. The van der Waals surface area contributed by atoms with Crippen molar-refractivity contribution in [2.75, 3.05) is 0 Å². The molecule has 0 radical (unpaired) electrons. The molecule has 0 amide bonds. The van der Waals surface area contributed by atoms with E-state index in [4.69, 9.17) is 14.6 Å². The molecule has 6 heteroatoms. The van der Waals surface area contributed by atoms with Crippen molar-refractivity contribution in [3.05, 3.63) is 35.4 Å². The standard InChI is InChI=1S/C16H18O6/c1-10(21-15(19)9-8-14(17)18)6-7-13-11-4-2-3-5-12(11)16(20)22-13/h2-5,10,13H,6-9H2,1H3,(H,17,18). The van der Waals surface area contributed by atoms with Crippen LogP contribution in [0.15, 0.2) is 24.3 Å². The Labute approximate surface area is 128 Å². The van der Waals surface area contributed by atoms with Gasteiger partial charge in [0.25, 0.3) is 0 Å². The molecule has 0 spiro atoms. The molecule has 2 unspecified atom stereocenters. The van der Waals surface area contributed by atoms with E-state index >= 15 is 0 Å². The van der Waals surface area contributed by atoms with Crippen molar-refractivity contribution < 1.29 is 29.0 Å². The minimum absolute atomic E-state index is 0.138. The van der Waals surface area contributed by atoms with Gasteiger partial charge in [-0.2, -0.15) is 0 Å². The van der Waals surface area contributed by atoms with E-state index in [1.54, 1.807) is 19.1 Å². The Morgan fingerprint density at radius 1 is 1.32 bits per heavy atom. The van der Waals surface area contributed by atoms with Crippen LogP contribution in [0.4, 0.5) is 0 Å². The van der Waals surface area contributed by atoms with Crippen molar-refractivity contribution in [1.29, 1.82) is 0 Å². The second-order valence-corrected chi connectivity index (χ2v) is 5.25. The summed E-state index contributed by atoms with van der Waals surface area (Å²) < 4.78 is 10.4. The molecule has 2 rings (SSSR count). The number of fused-ring (bicyclic) bond motifs is 1. The third-order valence-electron chi connectivity index (χ3n) is 3.49. The minimum atomic E-state index is -1.03. The van der Waals surface area contributed by atoms with Crippen LogP contribution in [0.25, 0.3) is 0 Å². The first-order valence-corrected chi connectivity index (χ1v) is 7.18. The van der Waals surface area contributed by atoms with Crippen LogP contribution in [0.3, 0.4) is 0 Å². The number of hydrogen-bond acceptors (Lipinski definition) is 5. The molecule has 1 aliphatic rings. The number of carbonyl (C=O) groups excluding carboxylic acids is 2. The molecule has 1 aliphatic heterocycles. The zero-order chi connectivity index (χ0) is 16.1. The first kappa shape index (κ1) is 16.0. The molecule has 1 aromatic rings. The van der Waals surface area contributed by atoms with Gasteiger partial charge in [0.1, 0.15) is 6.10 Å². The fourth-order valence-corrected chi connectivity index (χ4v) is 2.37. The van der Waals surface area contributed by atoms with Crippen LogP contribution in [0.1, 0.15) is 54.6 Å². The van der Waals surface area contributed by atoms with E-state index in [1.165, 1.54) is 0 Å². The van der Waals surface area contributed by atoms with Crippen LogP contribution in [0.5, 0.6) is 0 Å². The van der Waals surface area contributed by atoms with E-state index in [1.807, 2.05) is 12.1 Å². The SMILES string of the molecule is CC(CCC1OC(=O)c2ccccc21)OC(=O)CCC(=O)O. The van der Waals surface area contributed by atoms with Crippen LogP contribution >= 0.6 is 0 Å². The van der Waals surface area contributed by atoms with Gasteiger partial charge in [-0.15, -0.1) is 0 Å². The fraction of sp³-hybridized carbons (Fsp3) is 0.438. The van der Waals surface area contributed by atoms with Crippen LogP contribution < -0.4 is 0 Å². The highest BCUT2D eigenvalue weighted by molar-refractivity contribution is 5.93. The molecule has 1 heterocycles. The first-order chi connectivity index (χ1) is 10.5. The number of benzene rings is 1. The zero-order valence-corrected chi connectivity index (χ0v) is 12.3. The van der Waals surface area contributed by atoms with Crippen LogP contribution in [-0.4, -0.2) is 29.1 Å². The number of carboxylic acid groups (broad SMARTS) is 1. The van der Waals surface area contributed by atoms with Gasteiger partial charge in [0.05, 0.1) is 24.5 Å². The van der Waals surface area contributed by atoms with Gasteiger partial charge < -0.3 is 14.6 Å². The Balaban J connectivity index is 1.80. The Morgan fingerprint density at radius 2 is 2.05 bits per heavy atom. The Kier molecular flexibility index (Phi) is 5.14. The third-order valence-corrected chi connectivity index (χ3v) is 3.49. The van der Waals surface area contributed by atoms with Crippen molar-refractivity contribution in [3.8, 4) is 0 Å². The number of hydrogen-bond donors (Lipinski definition) is 1. The maximum absolute atomic E-state index is 11.7. The minimum Gasteiger partial charge on any atom is -0.481 e. The summed E-state index contributed by atoms with van der Waals surface area (Å²) in [5.74, 6) is -1.88. The number of rotatable bonds is 7. The van der Waals surface area contributed by atoms with Gasteiger partial charge in [0.15, 0.2) is 0 Å². The van der Waals surface area contributed by atoms with E-state index in [0.717, 1.165) is 5.56 Å². The Bertz CT molecular complexity index is 580. The lowest BCUT2D eigenvalue weighted by atomic mass is 10.0. The van der Waals surface area contributed by atoms with Crippen LogP contribution in [-0.2, 0) is 19.1 Å². The zero-order valence-electron chi connectivity index (χ0n) is 12.3. The summed E-state index contributed by atoms with van der Waals surface area (Å²) in [6, 6.07) is 7.22. The molecule has 0 saturated carbocycles.